The van der Waals surface area contributed by atoms with E-state index in [1.807, 2.05) is 21.5 Å². The molecular formula is C42H68F4N4+2. The van der Waals surface area contributed by atoms with Crippen LogP contribution in [0.4, 0.5) is 17.6 Å². The minimum atomic E-state index is -1.32. The molecule has 0 saturated heterocycles. The third-order valence-corrected chi connectivity index (χ3v) is 10.2. The van der Waals surface area contributed by atoms with Gasteiger partial charge in [0.1, 0.15) is 37.9 Å². The van der Waals surface area contributed by atoms with E-state index in [-0.39, 0.29) is 13.1 Å². The van der Waals surface area contributed by atoms with Gasteiger partial charge in [0.25, 0.3) is 0 Å². The summed E-state index contributed by atoms with van der Waals surface area (Å²) >= 11 is 0. The SMILES string of the molecule is CCCCCCCCCCCCCCn1cc[n+](Cc2c(F)c(F)c(C[n+]3ccn(CCCCCCCCCCCCCC)c3)c(F)c2F)c1. The molecule has 2 aromatic heterocycles. The highest BCUT2D eigenvalue weighted by Gasteiger charge is 2.28. The highest BCUT2D eigenvalue weighted by molar-refractivity contribution is 5.29. The summed E-state index contributed by atoms with van der Waals surface area (Å²) in [6.45, 7) is 5.54. The van der Waals surface area contributed by atoms with E-state index in [0.717, 1.165) is 38.8 Å². The van der Waals surface area contributed by atoms with Crippen LogP contribution in [0.2, 0.25) is 0 Å². The Morgan fingerprint density at radius 2 is 0.660 bits per heavy atom. The molecule has 0 aliphatic heterocycles. The molecule has 2 heterocycles. The molecule has 0 aliphatic carbocycles. The Balaban J connectivity index is 1.36. The molecule has 0 bridgehead atoms. The van der Waals surface area contributed by atoms with Gasteiger partial charge in [-0.3, -0.25) is 0 Å². The highest BCUT2D eigenvalue weighted by atomic mass is 19.2. The number of rotatable bonds is 30. The van der Waals surface area contributed by atoms with Crippen LogP contribution in [0.25, 0.3) is 0 Å². The number of nitrogens with zero attached hydrogens (tertiary/aromatic N) is 4. The van der Waals surface area contributed by atoms with E-state index in [4.69, 9.17) is 0 Å². The summed E-state index contributed by atoms with van der Waals surface area (Å²) in [5, 5.41) is 0. The summed E-state index contributed by atoms with van der Waals surface area (Å²) in [6.07, 6.45) is 41.2. The van der Waals surface area contributed by atoms with E-state index < -0.39 is 34.4 Å². The van der Waals surface area contributed by atoms with Gasteiger partial charge in [-0.1, -0.05) is 142 Å². The topological polar surface area (TPSA) is 17.6 Å². The predicted molar refractivity (Wildman–Crippen MR) is 196 cm³/mol. The van der Waals surface area contributed by atoms with Gasteiger partial charge in [0.15, 0.2) is 23.3 Å². The molecule has 3 aromatic rings. The second-order valence-electron chi connectivity index (χ2n) is 14.6. The van der Waals surface area contributed by atoms with Crippen LogP contribution in [0.1, 0.15) is 179 Å². The Hall–Kier alpha value is -2.64. The standard InChI is InChI=1S/C42H68F4N4/c1-3-5-7-9-11-13-15-17-19-21-23-25-27-47-29-31-49(35-47)33-37-39(43)41(45)38(42(46)40(37)44)34-50-32-30-48(36-50)28-26-24-22-20-18-16-14-12-10-8-6-4-2/h29-32,35-36H,3-28,33-34H2,1-2H3/q+2. The summed E-state index contributed by atoms with van der Waals surface area (Å²) in [5.41, 5.74) is -1.18. The molecule has 1 aromatic carbocycles. The van der Waals surface area contributed by atoms with Crippen molar-refractivity contribution in [1.82, 2.24) is 9.13 Å². The molecule has 0 aliphatic rings. The van der Waals surface area contributed by atoms with Gasteiger partial charge in [-0.15, -0.1) is 0 Å². The number of hydrogen-bond donors (Lipinski definition) is 0. The zero-order valence-corrected chi connectivity index (χ0v) is 31.6. The number of aryl methyl sites for hydroxylation is 2. The fraction of sp³-hybridized carbons (Fsp3) is 0.714. The smallest absolute Gasteiger partial charge is 0.237 e. The van der Waals surface area contributed by atoms with Crippen LogP contribution >= 0.6 is 0 Å². The Morgan fingerprint density at radius 1 is 0.400 bits per heavy atom. The Labute approximate surface area is 301 Å². The first kappa shape index (κ1) is 41.8. The summed E-state index contributed by atoms with van der Waals surface area (Å²) in [7, 11) is 0. The summed E-state index contributed by atoms with van der Waals surface area (Å²) in [4.78, 5) is 0. The quantitative estimate of drug-likeness (QED) is 0.0285. The van der Waals surface area contributed by atoms with Crippen molar-refractivity contribution < 1.29 is 26.7 Å². The normalized spacial score (nSPS) is 11.6. The molecule has 0 atom stereocenters. The summed E-state index contributed by atoms with van der Waals surface area (Å²) in [5.74, 6) is -5.29. The first-order valence-corrected chi connectivity index (χ1v) is 20.4. The second-order valence-corrected chi connectivity index (χ2v) is 14.6. The summed E-state index contributed by atoms with van der Waals surface area (Å²) < 4.78 is 67.7. The molecular weight excluding hydrogens is 636 g/mol. The average Bonchev–Trinajstić information content (AvgIpc) is 3.77. The molecule has 0 fully saturated rings. The lowest BCUT2D eigenvalue weighted by Gasteiger charge is -2.10. The van der Waals surface area contributed by atoms with Gasteiger partial charge in [0.2, 0.25) is 12.7 Å². The minimum absolute atomic E-state index is 0.278. The van der Waals surface area contributed by atoms with Crippen molar-refractivity contribution in [3.05, 3.63) is 71.8 Å². The molecule has 0 spiro atoms. The van der Waals surface area contributed by atoms with Crippen molar-refractivity contribution in [2.75, 3.05) is 0 Å². The van der Waals surface area contributed by atoms with Gasteiger partial charge < -0.3 is 0 Å². The number of benzene rings is 1. The maximum atomic E-state index is 15.2. The van der Waals surface area contributed by atoms with Crippen LogP contribution in [-0.4, -0.2) is 9.13 Å². The summed E-state index contributed by atoms with van der Waals surface area (Å²) in [6, 6.07) is 0. The lowest BCUT2D eigenvalue weighted by atomic mass is 10.1. The zero-order valence-electron chi connectivity index (χ0n) is 31.6. The Bertz CT molecular complexity index is 1190. The van der Waals surface area contributed by atoms with E-state index in [1.165, 1.54) is 128 Å². The lowest BCUT2D eigenvalue weighted by Crippen LogP contribution is -2.35. The molecule has 3 rings (SSSR count). The van der Waals surface area contributed by atoms with Crippen LogP contribution in [0, 0.1) is 23.3 Å². The number of aromatic nitrogens is 4. The number of hydrogen-bond acceptors (Lipinski definition) is 0. The average molecular weight is 705 g/mol. The number of unbranched alkanes of at least 4 members (excludes halogenated alkanes) is 22. The van der Waals surface area contributed by atoms with Gasteiger partial charge in [-0.25, -0.2) is 35.8 Å². The molecule has 0 amide bonds. The molecule has 4 nitrogen and oxygen atoms in total. The predicted octanol–water partition coefficient (Wildman–Crippen LogP) is 11.9. The zero-order chi connectivity index (χ0) is 35.8. The molecule has 8 heteroatoms. The monoisotopic (exact) mass is 705 g/mol. The largest absolute Gasteiger partial charge is 0.244 e. The fourth-order valence-corrected chi connectivity index (χ4v) is 6.97. The third-order valence-electron chi connectivity index (χ3n) is 10.2. The van der Waals surface area contributed by atoms with Crippen LogP contribution < -0.4 is 9.13 Å². The molecule has 50 heavy (non-hydrogen) atoms. The maximum absolute atomic E-state index is 15.2. The van der Waals surface area contributed by atoms with Crippen molar-refractivity contribution in [1.29, 1.82) is 0 Å². The first-order chi connectivity index (χ1) is 24.4. The van der Waals surface area contributed by atoms with Crippen molar-refractivity contribution in [2.45, 2.75) is 194 Å². The van der Waals surface area contributed by atoms with Crippen LogP contribution in [0.3, 0.4) is 0 Å². The lowest BCUT2D eigenvalue weighted by molar-refractivity contribution is -0.689. The van der Waals surface area contributed by atoms with E-state index in [2.05, 4.69) is 13.8 Å². The van der Waals surface area contributed by atoms with Gasteiger partial charge in [-0.2, -0.15) is 0 Å². The van der Waals surface area contributed by atoms with Crippen molar-refractivity contribution in [2.24, 2.45) is 0 Å². The number of imidazole rings is 2. The van der Waals surface area contributed by atoms with Gasteiger partial charge in [-0.05, 0) is 25.7 Å². The maximum Gasteiger partial charge on any atom is 0.244 e. The highest BCUT2D eigenvalue weighted by Crippen LogP contribution is 2.24. The fourth-order valence-electron chi connectivity index (χ4n) is 6.97. The molecule has 0 N–H and O–H groups in total. The van der Waals surface area contributed by atoms with E-state index in [9.17, 15) is 0 Å². The van der Waals surface area contributed by atoms with Crippen molar-refractivity contribution in [3.63, 3.8) is 0 Å². The van der Waals surface area contributed by atoms with Gasteiger partial charge in [0.05, 0.1) is 24.2 Å². The first-order valence-electron chi connectivity index (χ1n) is 20.4. The Morgan fingerprint density at radius 3 is 0.940 bits per heavy atom. The molecule has 0 saturated carbocycles. The van der Waals surface area contributed by atoms with Crippen LogP contribution in [0.15, 0.2) is 37.4 Å². The van der Waals surface area contributed by atoms with Crippen molar-refractivity contribution in [3.8, 4) is 0 Å². The van der Waals surface area contributed by atoms with Gasteiger partial charge in [0, 0.05) is 0 Å². The van der Waals surface area contributed by atoms with E-state index in [0.29, 0.717) is 0 Å². The van der Waals surface area contributed by atoms with Crippen molar-refractivity contribution >= 4 is 0 Å². The van der Waals surface area contributed by atoms with Crippen LogP contribution in [-0.2, 0) is 26.2 Å². The molecule has 0 radical (unpaired) electrons. The number of halogens is 4. The van der Waals surface area contributed by atoms with E-state index in [1.54, 1.807) is 34.2 Å². The third kappa shape index (κ3) is 15.7. The van der Waals surface area contributed by atoms with Crippen LogP contribution in [0.5, 0.6) is 0 Å². The second kappa shape index (κ2) is 25.3. The van der Waals surface area contributed by atoms with E-state index >= 15 is 17.6 Å². The van der Waals surface area contributed by atoms with Gasteiger partial charge >= 0.3 is 0 Å². The molecule has 282 valence electrons. The Kier molecular flexibility index (Phi) is 21.2. The minimum Gasteiger partial charge on any atom is -0.237 e. The molecule has 0 unspecified atom stereocenters.